The lowest BCUT2D eigenvalue weighted by atomic mass is 10.1. The number of carbonyl (C=O) groups excluding carboxylic acids is 1. The molecule has 6 heteroatoms. The summed E-state index contributed by atoms with van der Waals surface area (Å²) in [5.41, 5.74) is 2.09. The van der Waals surface area contributed by atoms with Gasteiger partial charge in [-0.15, -0.1) is 0 Å². The molecule has 0 bridgehead atoms. The van der Waals surface area contributed by atoms with Crippen LogP contribution in [0.2, 0.25) is 0 Å². The molecule has 0 saturated carbocycles. The van der Waals surface area contributed by atoms with Gasteiger partial charge >= 0.3 is 0 Å². The lowest BCUT2D eigenvalue weighted by Gasteiger charge is -2.10. The van der Waals surface area contributed by atoms with Crippen LogP contribution in [0.5, 0.6) is 5.75 Å². The van der Waals surface area contributed by atoms with Gasteiger partial charge in [0.1, 0.15) is 5.75 Å². The third-order valence-corrected chi connectivity index (χ3v) is 3.20. The van der Waals surface area contributed by atoms with Crippen LogP contribution in [0.3, 0.4) is 0 Å². The van der Waals surface area contributed by atoms with Crippen molar-refractivity contribution in [3.8, 4) is 5.75 Å². The highest BCUT2D eigenvalue weighted by Crippen LogP contribution is 2.17. The van der Waals surface area contributed by atoms with Gasteiger partial charge in [-0.1, -0.05) is 25.1 Å². The zero-order valence-electron chi connectivity index (χ0n) is 13.2. The number of rotatable bonds is 7. The van der Waals surface area contributed by atoms with Gasteiger partial charge in [-0.05, 0) is 36.6 Å². The van der Waals surface area contributed by atoms with Gasteiger partial charge in [0.05, 0.1) is 6.61 Å². The van der Waals surface area contributed by atoms with Crippen molar-refractivity contribution in [3.05, 3.63) is 41.0 Å². The maximum atomic E-state index is 11.9. The molecule has 0 aliphatic heterocycles. The van der Waals surface area contributed by atoms with Crippen LogP contribution in [-0.4, -0.2) is 22.7 Å². The highest BCUT2D eigenvalue weighted by Gasteiger charge is 2.13. The van der Waals surface area contributed by atoms with Crippen molar-refractivity contribution in [2.24, 2.45) is 0 Å². The SMILES string of the molecule is CCCOc1ccc(CNC(=O)c2noc(CC)n2)c(C)c1. The summed E-state index contributed by atoms with van der Waals surface area (Å²) in [5, 5.41) is 6.44. The lowest BCUT2D eigenvalue weighted by Crippen LogP contribution is -2.24. The van der Waals surface area contributed by atoms with Gasteiger partial charge in [-0.3, -0.25) is 4.79 Å². The summed E-state index contributed by atoms with van der Waals surface area (Å²) in [4.78, 5) is 15.9. The first-order valence-corrected chi connectivity index (χ1v) is 7.47. The van der Waals surface area contributed by atoms with E-state index in [0.717, 1.165) is 23.3 Å². The van der Waals surface area contributed by atoms with Gasteiger partial charge in [0, 0.05) is 13.0 Å². The molecule has 22 heavy (non-hydrogen) atoms. The average molecular weight is 303 g/mol. The maximum Gasteiger partial charge on any atom is 0.292 e. The van der Waals surface area contributed by atoms with Crippen LogP contribution >= 0.6 is 0 Å². The molecule has 1 N–H and O–H groups in total. The van der Waals surface area contributed by atoms with E-state index in [1.807, 2.05) is 32.0 Å². The van der Waals surface area contributed by atoms with Crippen molar-refractivity contribution in [3.63, 3.8) is 0 Å². The van der Waals surface area contributed by atoms with Gasteiger partial charge < -0.3 is 14.6 Å². The largest absolute Gasteiger partial charge is 0.494 e. The van der Waals surface area contributed by atoms with Crippen molar-refractivity contribution in [1.29, 1.82) is 0 Å². The second-order valence-corrected chi connectivity index (χ2v) is 4.98. The Balaban J connectivity index is 1.94. The Morgan fingerprint density at radius 2 is 2.18 bits per heavy atom. The standard InChI is InChI=1S/C16H21N3O3/c1-4-8-21-13-7-6-12(11(3)9-13)10-17-16(20)15-18-14(5-2)22-19-15/h6-7,9H,4-5,8,10H2,1-3H3,(H,17,20). The number of aromatic nitrogens is 2. The van der Waals surface area contributed by atoms with Gasteiger partial charge in [0.15, 0.2) is 0 Å². The Morgan fingerprint density at radius 1 is 1.36 bits per heavy atom. The third kappa shape index (κ3) is 4.07. The molecule has 1 aromatic carbocycles. The zero-order chi connectivity index (χ0) is 15.9. The van der Waals surface area contributed by atoms with Crippen LogP contribution in [0.25, 0.3) is 0 Å². The van der Waals surface area contributed by atoms with E-state index in [2.05, 4.69) is 22.4 Å². The molecule has 0 radical (unpaired) electrons. The molecule has 2 rings (SSSR count). The number of amides is 1. The normalized spacial score (nSPS) is 10.5. The van der Waals surface area contributed by atoms with Crippen molar-refractivity contribution in [2.75, 3.05) is 6.61 Å². The lowest BCUT2D eigenvalue weighted by molar-refractivity contribution is 0.0937. The minimum atomic E-state index is -0.339. The second kappa shape index (κ2) is 7.59. The minimum Gasteiger partial charge on any atom is -0.494 e. The van der Waals surface area contributed by atoms with Crippen molar-refractivity contribution >= 4 is 5.91 Å². The first-order valence-electron chi connectivity index (χ1n) is 7.47. The topological polar surface area (TPSA) is 77.2 Å². The van der Waals surface area contributed by atoms with E-state index in [1.54, 1.807) is 0 Å². The summed E-state index contributed by atoms with van der Waals surface area (Å²) in [5.74, 6) is 1.03. The van der Waals surface area contributed by atoms with E-state index < -0.39 is 0 Å². The number of nitrogens with zero attached hydrogens (tertiary/aromatic N) is 2. The highest BCUT2D eigenvalue weighted by atomic mass is 16.5. The molecule has 0 spiro atoms. The quantitative estimate of drug-likeness (QED) is 0.851. The van der Waals surface area contributed by atoms with Gasteiger partial charge in [0.2, 0.25) is 5.89 Å². The summed E-state index contributed by atoms with van der Waals surface area (Å²) >= 11 is 0. The van der Waals surface area contributed by atoms with Crippen LogP contribution in [0.15, 0.2) is 22.7 Å². The molecule has 6 nitrogen and oxygen atoms in total. The number of hydrogen-bond acceptors (Lipinski definition) is 5. The number of carbonyl (C=O) groups is 1. The molecule has 0 aliphatic rings. The van der Waals surface area contributed by atoms with Crippen LogP contribution in [0.4, 0.5) is 0 Å². The predicted molar refractivity (Wildman–Crippen MR) is 81.8 cm³/mol. The van der Waals surface area contributed by atoms with E-state index in [-0.39, 0.29) is 11.7 Å². The Morgan fingerprint density at radius 3 is 2.82 bits per heavy atom. The van der Waals surface area contributed by atoms with Crippen LogP contribution in [-0.2, 0) is 13.0 Å². The van der Waals surface area contributed by atoms with Gasteiger partial charge in [-0.2, -0.15) is 4.98 Å². The number of aryl methyl sites for hydroxylation is 2. The molecule has 2 aromatic rings. The highest BCUT2D eigenvalue weighted by molar-refractivity contribution is 5.90. The van der Waals surface area contributed by atoms with Crippen molar-refractivity contribution in [2.45, 2.75) is 40.2 Å². The van der Waals surface area contributed by atoms with E-state index in [1.165, 1.54) is 0 Å². The Bertz CT molecular complexity index is 637. The predicted octanol–water partition coefficient (Wildman–Crippen LogP) is 2.66. The van der Waals surface area contributed by atoms with Gasteiger partial charge in [0.25, 0.3) is 11.7 Å². The van der Waals surface area contributed by atoms with Crippen molar-refractivity contribution in [1.82, 2.24) is 15.5 Å². The summed E-state index contributed by atoms with van der Waals surface area (Å²) in [6.07, 6.45) is 1.58. The molecule has 0 aliphatic carbocycles. The van der Waals surface area contributed by atoms with Gasteiger partial charge in [-0.25, -0.2) is 0 Å². The number of hydrogen-bond donors (Lipinski definition) is 1. The Labute approximate surface area is 129 Å². The minimum absolute atomic E-state index is 0.0670. The van der Waals surface area contributed by atoms with E-state index in [9.17, 15) is 4.79 Å². The first kappa shape index (κ1) is 16.0. The zero-order valence-corrected chi connectivity index (χ0v) is 13.2. The molecular weight excluding hydrogens is 282 g/mol. The Hall–Kier alpha value is -2.37. The second-order valence-electron chi connectivity index (χ2n) is 4.98. The summed E-state index contributed by atoms with van der Waals surface area (Å²) in [7, 11) is 0. The maximum absolute atomic E-state index is 11.9. The molecule has 1 heterocycles. The molecule has 0 saturated heterocycles. The van der Waals surface area contributed by atoms with Crippen LogP contribution < -0.4 is 10.1 Å². The molecular formula is C16H21N3O3. The van der Waals surface area contributed by atoms with Crippen molar-refractivity contribution < 1.29 is 14.1 Å². The fourth-order valence-electron chi connectivity index (χ4n) is 1.92. The average Bonchev–Trinajstić information content (AvgIpc) is 3.01. The molecule has 0 fully saturated rings. The molecule has 0 atom stereocenters. The third-order valence-electron chi connectivity index (χ3n) is 3.20. The van der Waals surface area contributed by atoms with Crippen LogP contribution in [0.1, 0.15) is 47.9 Å². The molecule has 1 amide bonds. The van der Waals surface area contributed by atoms with E-state index in [4.69, 9.17) is 9.26 Å². The molecule has 118 valence electrons. The summed E-state index contributed by atoms with van der Waals surface area (Å²) in [6.45, 7) is 7.06. The fraction of sp³-hybridized carbons (Fsp3) is 0.438. The Kier molecular flexibility index (Phi) is 5.52. The number of nitrogens with one attached hydrogen (secondary N) is 1. The smallest absolute Gasteiger partial charge is 0.292 e. The monoisotopic (exact) mass is 303 g/mol. The fourth-order valence-corrected chi connectivity index (χ4v) is 1.92. The number of benzene rings is 1. The summed E-state index contributed by atoms with van der Waals surface area (Å²) in [6, 6.07) is 5.84. The molecule has 1 aromatic heterocycles. The van der Waals surface area contributed by atoms with Crippen LogP contribution in [0, 0.1) is 6.92 Å². The van der Waals surface area contributed by atoms with E-state index >= 15 is 0 Å². The van der Waals surface area contributed by atoms with E-state index in [0.29, 0.717) is 25.5 Å². The summed E-state index contributed by atoms with van der Waals surface area (Å²) < 4.78 is 10.5. The first-order chi connectivity index (χ1) is 10.6. The number of ether oxygens (including phenoxy) is 1. The molecule has 0 unspecified atom stereocenters.